The van der Waals surface area contributed by atoms with Crippen LogP contribution < -0.4 is 11.1 Å². The van der Waals surface area contributed by atoms with E-state index in [-0.39, 0.29) is 12.0 Å². The van der Waals surface area contributed by atoms with Gasteiger partial charge in [-0.05, 0) is 20.3 Å². The highest BCUT2D eigenvalue weighted by Gasteiger charge is 2.11. The first kappa shape index (κ1) is 12.4. The first-order chi connectivity index (χ1) is 6.11. The normalized spacial score (nSPS) is 15.1. The molecule has 13 heavy (non-hydrogen) atoms. The molecule has 78 valence electrons. The van der Waals surface area contributed by atoms with Crippen LogP contribution in [-0.4, -0.2) is 31.2 Å². The second-order valence-corrected chi connectivity index (χ2v) is 3.03. The monoisotopic (exact) mass is 188 g/mol. The van der Waals surface area contributed by atoms with Gasteiger partial charge in [0.2, 0.25) is 5.91 Å². The van der Waals surface area contributed by atoms with E-state index < -0.39 is 6.04 Å². The van der Waals surface area contributed by atoms with Crippen molar-refractivity contribution >= 4 is 5.91 Å². The number of hydrogen-bond donors (Lipinski definition) is 2. The molecular weight excluding hydrogens is 168 g/mol. The Morgan fingerprint density at radius 2 is 2.15 bits per heavy atom. The average Bonchev–Trinajstić information content (AvgIpc) is 2.13. The van der Waals surface area contributed by atoms with Crippen LogP contribution >= 0.6 is 0 Å². The molecule has 0 aliphatic heterocycles. The van der Waals surface area contributed by atoms with E-state index in [0.717, 1.165) is 0 Å². The third-order valence-electron chi connectivity index (χ3n) is 1.79. The molecule has 1 amide bonds. The Balaban J connectivity index is 3.57. The number of hydrogen-bond acceptors (Lipinski definition) is 3. The van der Waals surface area contributed by atoms with Gasteiger partial charge in [0, 0.05) is 13.2 Å². The Kier molecular flexibility index (Phi) is 6.54. The smallest absolute Gasteiger partial charge is 0.236 e. The van der Waals surface area contributed by atoms with Gasteiger partial charge in [-0.25, -0.2) is 0 Å². The minimum atomic E-state index is -0.395. The predicted octanol–water partition coefficient (Wildman–Crippen LogP) is 0.265. The van der Waals surface area contributed by atoms with Crippen LogP contribution in [0.4, 0.5) is 0 Å². The van der Waals surface area contributed by atoms with Crippen molar-refractivity contribution in [2.75, 3.05) is 13.2 Å². The van der Waals surface area contributed by atoms with E-state index in [1.54, 1.807) is 0 Å². The minimum absolute atomic E-state index is 0.0537. The Morgan fingerprint density at radius 1 is 1.54 bits per heavy atom. The molecule has 0 heterocycles. The molecule has 0 saturated carbocycles. The molecule has 0 radical (unpaired) electrons. The zero-order valence-corrected chi connectivity index (χ0v) is 8.67. The van der Waals surface area contributed by atoms with E-state index in [9.17, 15) is 4.79 Å². The predicted molar refractivity (Wildman–Crippen MR) is 52.4 cm³/mol. The molecule has 0 aliphatic carbocycles. The molecule has 3 N–H and O–H groups in total. The molecule has 0 aliphatic rings. The van der Waals surface area contributed by atoms with Gasteiger partial charge in [0.15, 0.2) is 0 Å². The number of nitrogens with one attached hydrogen (secondary N) is 1. The number of rotatable bonds is 6. The zero-order chi connectivity index (χ0) is 10.3. The van der Waals surface area contributed by atoms with Crippen LogP contribution in [0.3, 0.4) is 0 Å². The van der Waals surface area contributed by atoms with Crippen LogP contribution in [-0.2, 0) is 9.53 Å². The Labute approximate surface area is 79.8 Å². The van der Waals surface area contributed by atoms with Crippen LogP contribution in [0.15, 0.2) is 0 Å². The van der Waals surface area contributed by atoms with E-state index in [2.05, 4.69) is 5.32 Å². The van der Waals surface area contributed by atoms with Crippen molar-refractivity contribution in [3.8, 4) is 0 Å². The quantitative estimate of drug-likeness (QED) is 0.628. The van der Waals surface area contributed by atoms with E-state index >= 15 is 0 Å². The SMILES string of the molecule is CCOC(C)CNC(=O)[C@@H](N)CC. The summed E-state index contributed by atoms with van der Waals surface area (Å²) in [5.41, 5.74) is 5.52. The summed E-state index contributed by atoms with van der Waals surface area (Å²) in [6, 6.07) is -0.395. The number of carbonyl (C=O) groups excluding carboxylic acids is 1. The summed E-state index contributed by atoms with van der Waals surface area (Å²) in [5.74, 6) is -0.103. The molecule has 0 saturated heterocycles. The zero-order valence-electron chi connectivity index (χ0n) is 8.67. The van der Waals surface area contributed by atoms with Gasteiger partial charge in [0.05, 0.1) is 12.1 Å². The highest BCUT2D eigenvalue weighted by molar-refractivity contribution is 5.81. The Bertz CT molecular complexity index is 151. The number of ether oxygens (including phenoxy) is 1. The first-order valence-corrected chi connectivity index (χ1v) is 4.76. The van der Waals surface area contributed by atoms with Gasteiger partial charge in [0.25, 0.3) is 0 Å². The summed E-state index contributed by atoms with van der Waals surface area (Å²) >= 11 is 0. The van der Waals surface area contributed by atoms with Gasteiger partial charge in [-0.15, -0.1) is 0 Å². The fraction of sp³-hybridized carbons (Fsp3) is 0.889. The van der Waals surface area contributed by atoms with Gasteiger partial charge >= 0.3 is 0 Å². The fourth-order valence-corrected chi connectivity index (χ4v) is 0.904. The summed E-state index contributed by atoms with van der Waals surface area (Å²) < 4.78 is 5.25. The van der Waals surface area contributed by atoms with Crippen LogP contribution in [0.25, 0.3) is 0 Å². The molecule has 0 rings (SSSR count). The van der Waals surface area contributed by atoms with Crippen LogP contribution in [0.2, 0.25) is 0 Å². The lowest BCUT2D eigenvalue weighted by molar-refractivity contribution is -0.123. The molecule has 4 heteroatoms. The highest BCUT2D eigenvalue weighted by Crippen LogP contribution is 1.89. The lowest BCUT2D eigenvalue weighted by Crippen LogP contribution is -2.43. The minimum Gasteiger partial charge on any atom is -0.377 e. The molecule has 0 spiro atoms. The van der Waals surface area contributed by atoms with E-state index in [1.807, 2.05) is 20.8 Å². The molecule has 0 aromatic heterocycles. The molecule has 0 aromatic carbocycles. The summed E-state index contributed by atoms with van der Waals surface area (Å²) in [5, 5.41) is 2.73. The van der Waals surface area contributed by atoms with E-state index in [1.165, 1.54) is 0 Å². The van der Waals surface area contributed by atoms with Crippen molar-refractivity contribution in [3.05, 3.63) is 0 Å². The number of nitrogens with two attached hydrogens (primary N) is 1. The summed E-state index contributed by atoms with van der Waals surface area (Å²) in [7, 11) is 0. The molecule has 2 atom stereocenters. The molecule has 0 fully saturated rings. The van der Waals surface area contributed by atoms with Crippen molar-refractivity contribution < 1.29 is 9.53 Å². The third-order valence-corrected chi connectivity index (χ3v) is 1.79. The Morgan fingerprint density at radius 3 is 2.62 bits per heavy atom. The van der Waals surface area contributed by atoms with Gasteiger partial charge in [0.1, 0.15) is 0 Å². The highest BCUT2D eigenvalue weighted by atomic mass is 16.5. The first-order valence-electron chi connectivity index (χ1n) is 4.76. The van der Waals surface area contributed by atoms with Crippen molar-refractivity contribution in [1.82, 2.24) is 5.32 Å². The fourth-order valence-electron chi connectivity index (χ4n) is 0.904. The van der Waals surface area contributed by atoms with Crippen LogP contribution in [0, 0.1) is 0 Å². The maximum Gasteiger partial charge on any atom is 0.236 e. The average molecular weight is 188 g/mol. The molecule has 0 bridgehead atoms. The molecule has 1 unspecified atom stereocenters. The largest absolute Gasteiger partial charge is 0.377 e. The van der Waals surface area contributed by atoms with Gasteiger partial charge in [-0.3, -0.25) is 4.79 Å². The lowest BCUT2D eigenvalue weighted by atomic mass is 10.2. The third kappa shape index (κ3) is 5.60. The maximum absolute atomic E-state index is 11.2. The topological polar surface area (TPSA) is 64.3 Å². The van der Waals surface area contributed by atoms with Gasteiger partial charge in [-0.2, -0.15) is 0 Å². The molecule has 4 nitrogen and oxygen atoms in total. The maximum atomic E-state index is 11.2. The molecular formula is C9H20N2O2. The van der Waals surface area contributed by atoms with Crippen molar-refractivity contribution in [1.29, 1.82) is 0 Å². The van der Waals surface area contributed by atoms with E-state index in [0.29, 0.717) is 19.6 Å². The van der Waals surface area contributed by atoms with Crippen LogP contribution in [0.1, 0.15) is 27.2 Å². The van der Waals surface area contributed by atoms with Gasteiger partial charge < -0.3 is 15.8 Å². The number of amides is 1. The van der Waals surface area contributed by atoms with Crippen LogP contribution in [0.5, 0.6) is 0 Å². The van der Waals surface area contributed by atoms with E-state index in [4.69, 9.17) is 10.5 Å². The van der Waals surface area contributed by atoms with Crippen molar-refractivity contribution in [2.24, 2.45) is 5.73 Å². The second-order valence-electron chi connectivity index (χ2n) is 3.03. The Hall–Kier alpha value is -0.610. The van der Waals surface area contributed by atoms with Gasteiger partial charge in [-0.1, -0.05) is 6.92 Å². The summed E-state index contributed by atoms with van der Waals surface area (Å²) in [6.45, 7) is 6.92. The number of carbonyl (C=O) groups is 1. The van der Waals surface area contributed by atoms with Crippen molar-refractivity contribution in [3.63, 3.8) is 0 Å². The summed E-state index contributed by atoms with van der Waals surface area (Å²) in [4.78, 5) is 11.2. The standard InChI is InChI=1S/C9H20N2O2/c1-4-8(10)9(12)11-6-7(3)13-5-2/h7-8H,4-6,10H2,1-3H3,(H,11,12)/t7?,8-/m0/s1. The van der Waals surface area contributed by atoms with Crippen molar-refractivity contribution in [2.45, 2.75) is 39.3 Å². The molecule has 0 aromatic rings. The lowest BCUT2D eigenvalue weighted by Gasteiger charge is -2.14. The second kappa shape index (κ2) is 6.86. The summed E-state index contributed by atoms with van der Waals surface area (Å²) in [6.07, 6.45) is 0.715.